The first-order valence-electron chi connectivity index (χ1n) is 13.3. The Labute approximate surface area is 222 Å². The number of nitrogens with zero attached hydrogens (tertiary/aromatic N) is 1. The molecule has 4 nitrogen and oxygen atoms in total. The second kappa shape index (κ2) is 15.2. The van der Waals surface area contributed by atoms with Crippen LogP contribution < -0.4 is 4.74 Å². The summed E-state index contributed by atoms with van der Waals surface area (Å²) in [5.41, 5.74) is 6.51. The number of aromatic nitrogens is 2. The van der Waals surface area contributed by atoms with Crippen molar-refractivity contribution in [2.45, 2.75) is 77.7 Å². The number of nitrogens with one attached hydrogen (secondary N) is 2. The molecule has 3 heterocycles. The Bertz CT molecular complexity index is 1110. The van der Waals surface area contributed by atoms with Crippen molar-refractivity contribution in [2.75, 3.05) is 0 Å². The standard InChI is InChI=1S/C31H39N3O.ClH/c1-2-3-4-5-6-7-8-9-13-17-26-19-21-33-28(26)22-30-31(35-24-25-15-11-10-12-16-25)23-29(34-30)27-18-14-20-32-27;/h10-12,14-16,18-23,32,34H,2-9,13,17,24H2,1H3;1H. The summed E-state index contributed by atoms with van der Waals surface area (Å²) in [6.07, 6.45) is 21.3. The molecule has 0 saturated heterocycles. The van der Waals surface area contributed by atoms with Crippen LogP contribution in [0, 0.1) is 0 Å². The highest BCUT2D eigenvalue weighted by atomic mass is 35.5. The summed E-state index contributed by atoms with van der Waals surface area (Å²) in [4.78, 5) is 11.5. The summed E-state index contributed by atoms with van der Waals surface area (Å²) >= 11 is 0. The van der Waals surface area contributed by atoms with Gasteiger partial charge in [-0.25, -0.2) is 0 Å². The van der Waals surface area contributed by atoms with E-state index in [2.05, 4.69) is 58.3 Å². The van der Waals surface area contributed by atoms with Gasteiger partial charge in [0.1, 0.15) is 12.4 Å². The van der Waals surface area contributed by atoms with Crippen LogP contribution in [-0.4, -0.2) is 16.2 Å². The quantitative estimate of drug-likeness (QED) is 0.198. The molecule has 2 N–H and O–H groups in total. The van der Waals surface area contributed by atoms with E-state index in [1.807, 2.05) is 36.7 Å². The Balaban J connectivity index is 0.00000361. The lowest BCUT2D eigenvalue weighted by molar-refractivity contribution is 0.306. The first-order chi connectivity index (χ1) is 17.3. The number of hydrogen-bond acceptors (Lipinski definition) is 2. The zero-order valence-corrected chi connectivity index (χ0v) is 22.3. The number of ether oxygens (including phenoxy) is 1. The molecule has 1 aromatic carbocycles. The van der Waals surface area contributed by atoms with Crippen LogP contribution in [0.25, 0.3) is 17.5 Å². The molecule has 0 unspecified atom stereocenters. The van der Waals surface area contributed by atoms with E-state index >= 15 is 0 Å². The molecule has 1 aliphatic rings. The van der Waals surface area contributed by atoms with Gasteiger partial charge in [-0.05, 0) is 48.3 Å². The molecule has 0 radical (unpaired) electrons. The summed E-state index contributed by atoms with van der Waals surface area (Å²) in [5, 5.41) is 0. The Morgan fingerprint density at radius 1 is 0.861 bits per heavy atom. The summed E-state index contributed by atoms with van der Waals surface area (Å²) in [6, 6.07) is 16.4. The zero-order chi connectivity index (χ0) is 24.1. The Morgan fingerprint density at radius 2 is 1.61 bits per heavy atom. The highest BCUT2D eigenvalue weighted by Crippen LogP contribution is 2.32. The molecule has 0 fully saturated rings. The first-order valence-corrected chi connectivity index (χ1v) is 13.3. The number of benzene rings is 1. The van der Waals surface area contributed by atoms with E-state index in [4.69, 9.17) is 4.74 Å². The van der Waals surface area contributed by atoms with Crippen molar-refractivity contribution in [3.05, 3.63) is 83.3 Å². The van der Waals surface area contributed by atoms with Gasteiger partial charge in [0.2, 0.25) is 0 Å². The lowest BCUT2D eigenvalue weighted by atomic mass is 10.0. The molecule has 0 spiro atoms. The molecule has 0 bridgehead atoms. The minimum absolute atomic E-state index is 0. The maximum absolute atomic E-state index is 6.25. The highest BCUT2D eigenvalue weighted by Gasteiger charge is 2.14. The van der Waals surface area contributed by atoms with Gasteiger partial charge in [-0.1, -0.05) is 88.6 Å². The number of aliphatic imine (C=N–C) groups is 1. The van der Waals surface area contributed by atoms with Gasteiger partial charge >= 0.3 is 0 Å². The van der Waals surface area contributed by atoms with E-state index in [0.717, 1.165) is 40.5 Å². The molecule has 2 aromatic heterocycles. The number of H-pyrrole nitrogens is 2. The van der Waals surface area contributed by atoms with E-state index in [9.17, 15) is 0 Å². The van der Waals surface area contributed by atoms with Gasteiger partial charge in [0.05, 0.1) is 22.8 Å². The lowest BCUT2D eigenvalue weighted by Gasteiger charge is -2.07. The third kappa shape index (κ3) is 8.30. The van der Waals surface area contributed by atoms with Crippen LogP contribution in [-0.2, 0) is 6.61 Å². The topological polar surface area (TPSA) is 53.2 Å². The number of rotatable bonds is 15. The van der Waals surface area contributed by atoms with Crippen LogP contribution in [0.5, 0.6) is 5.75 Å². The minimum Gasteiger partial charge on any atom is -0.487 e. The van der Waals surface area contributed by atoms with Gasteiger partial charge in [-0.15, -0.1) is 12.4 Å². The molecular weight excluding hydrogens is 466 g/mol. The molecule has 0 amide bonds. The van der Waals surface area contributed by atoms with E-state index in [0.29, 0.717) is 6.61 Å². The molecule has 3 aromatic rings. The monoisotopic (exact) mass is 505 g/mol. The molecule has 5 heteroatoms. The van der Waals surface area contributed by atoms with Crippen molar-refractivity contribution in [1.82, 2.24) is 9.97 Å². The van der Waals surface area contributed by atoms with Gasteiger partial charge in [0.15, 0.2) is 0 Å². The van der Waals surface area contributed by atoms with E-state index in [1.54, 1.807) is 0 Å². The van der Waals surface area contributed by atoms with Crippen LogP contribution in [0.15, 0.2) is 77.1 Å². The number of unbranched alkanes of at least 4 members (excludes halogenated alkanes) is 8. The fourth-order valence-electron chi connectivity index (χ4n) is 4.54. The second-order valence-electron chi connectivity index (χ2n) is 9.40. The van der Waals surface area contributed by atoms with Gasteiger partial charge in [-0.3, -0.25) is 4.99 Å². The number of halogens is 1. The normalized spacial score (nSPS) is 13.7. The van der Waals surface area contributed by atoms with Gasteiger partial charge in [0.25, 0.3) is 0 Å². The third-order valence-electron chi connectivity index (χ3n) is 6.58. The number of aromatic amines is 2. The average Bonchev–Trinajstić information content (AvgIpc) is 3.64. The van der Waals surface area contributed by atoms with Crippen molar-refractivity contribution in [3.63, 3.8) is 0 Å². The summed E-state index contributed by atoms with van der Waals surface area (Å²) < 4.78 is 6.25. The Hall–Kier alpha value is -2.98. The maximum Gasteiger partial charge on any atom is 0.145 e. The van der Waals surface area contributed by atoms with Crippen molar-refractivity contribution in [3.8, 4) is 17.1 Å². The summed E-state index contributed by atoms with van der Waals surface area (Å²) in [7, 11) is 0. The fraction of sp³-hybridized carbons (Fsp3) is 0.387. The molecule has 1 aliphatic heterocycles. The van der Waals surface area contributed by atoms with Crippen molar-refractivity contribution in [1.29, 1.82) is 0 Å². The van der Waals surface area contributed by atoms with Crippen LogP contribution >= 0.6 is 12.4 Å². The van der Waals surface area contributed by atoms with E-state index in [1.165, 1.54) is 63.4 Å². The molecule has 4 rings (SSSR count). The molecular formula is C31H40ClN3O. The van der Waals surface area contributed by atoms with Crippen LogP contribution in [0.4, 0.5) is 0 Å². The predicted octanol–water partition coefficient (Wildman–Crippen LogP) is 9.28. The van der Waals surface area contributed by atoms with Crippen LogP contribution in [0.2, 0.25) is 0 Å². The Morgan fingerprint density at radius 3 is 2.33 bits per heavy atom. The second-order valence-corrected chi connectivity index (χ2v) is 9.40. The largest absolute Gasteiger partial charge is 0.487 e. The van der Waals surface area contributed by atoms with Gasteiger partial charge in [0, 0.05) is 18.5 Å². The van der Waals surface area contributed by atoms with Crippen molar-refractivity contribution >= 4 is 24.7 Å². The van der Waals surface area contributed by atoms with Crippen molar-refractivity contribution in [2.24, 2.45) is 4.99 Å². The van der Waals surface area contributed by atoms with Crippen molar-refractivity contribution < 1.29 is 4.74 Å². The summed E-state index contributed by atoms with van der Waals surface area (Å²) in [5.74, 6) is 0.843. The minimum atomic E-state index is 0. The smallest absolute Gasteiger partial charge is 0.145 e. The van der Waals surface area contributed by atoms with Crippen LogP contribution in [0.1, 0.15) is 82.4 Å². The third-order valence-corrected chi connectivity index (χ3v) is 6.58. The molecule has 192 valence electrons. The highest BCUT2D eigenvalue weighted by molar-refractivity contribution is 5.85. The predicted molar refractivity (Wildman–Crippen MR) is 155 cm³/mol. The van der Waals surface area contributed by atoms with E-state index < -0.39 is 0 Å². The Kier molecular flexibility index (Phi) is 11.7. The maximum atomic E-state index is 6.25. The van der Waals surface area contributed by atoms with Crippen LogP contribution in [0.3, 0.4) is 0 Å². The molecule has 0 atom stereocenters. The SMILES string of the molecule is CCCCCCCCCCCC1=CC=NC1=Cc1[nH]c(-c2ccc[nH]2)cc1OCc1ccccc1.Cl. The van der Waals surface area contributed by atoms with E-state index in [-0.39, 0.29) is 12.4 Å². The van der Waals surface area contributed by atoms with Gasteiger partial charge < -0.3 is 14.7 Å². The zero-order valence-electron chi connectivity index (χ0n) is 21.5. The molecule has 0 saturated carbocycles. The average molecular weight is 506 g/mol. The first kappa shape index (κ1) is 27.6. The van der Waals surface area contributed by atoms with Gasteiger partial charge in [-0.2, -0.15) is 0 Å². The summed E-state index contributed by atoms with van der Waals surface area (Å²) in [6.45, 7) is 2.81. The number of hydrogen-bond donors (Lipinski definition) is 2. The fourth-order valence-corrected chi connectivity index (χ4v) is 4.54. The number of allylic oxidation sites excluding steroid dienone is 2. The molecule has 36 heavy (non-hydrogen) atoms. The molecule has 0 aliphatic carbocycles. The lowest BCUT2D eigenvalue weighted by Crippen LogP contribution is -1.95.